The van der Waals surface area contributed by atoms with Gasteiger partial charge in [-0.05, 0) is 18.1 Å². The minimum Gasteiger partial charge on any atom is -0.480 e. The van der Waals surface area contributed by atoms with E-state index in [1.165, 1.54) is 7.11 Å². The second-order valence-corrected chi connectivity index (χ2v) is 3.64. The number of nitrogens with one attached hydrogen (secondary N) is 2. The Labute approximate surface area is 104 Å². The van der Waals surface area contributed by atoms with Crippen LogP contribution in [0, 0.1) is 0 Å². The van der Waals surface area contributed by atoms with Crippen molar-refractivity contribution in [3.05, 3.63) is 35.7 Å². The second kappa shape index (κ2) is 5.31. The molecule has 1 amide bonds. The number of methoxy groups -OCH3 is 1. The van der Waals surface area contributed by atoms with Crippen LogP contribution in [0.2, 0.25) is 0 Å². The lowest BCUT2D eigenvalue weighted by Crippen LogP contribution is -2.16. The van der Waals surface area contributed by atoms with Crippen LogP contribution in [0.3, 0.4) is 0 Å². The van der Waals surface area contributed by atoms with Crippen LogP contribution in [0.1, 0.15) is 23.0 Å². The Bertz CT molecular complexity index is 551. The molecule has 2 heterocycles. The molecule has 18 heavy (non-hydrogen) atoms. The Morgan fingerprint density at radius 2 is 2.39 bits per heavy atom. The predicted octanol–water partition coefficient (Wildman–Crippen LogP) is 1.63. The normalized spacial score (nSPS) is 10.1. The zero-order chi connectivity index (χ0) is 13.0. The summed E-state index contributed by atoms with van der Waals surface area (Å²) in [6, 6.07) is 5.30. The first-order valence-electron chi connectivity index (χ1n) is 5.59. The smallest absolute Gasteiger partial charge is 0.275 e. The molecule has 2 aromatic rings. The van der Waals surface area contributed by atoms with Gasteiger partial charge in [-0.2, -0.15) is 0 Å². The number of hydrogen-bond acceptors (Lipinski definition) is 4. The van der Waals surface area contributed by atoms with Crippen LogP contribution in [0.25, 0.3) is 0 Å². The van der Waals surface area contributed by atoms with Crippen molar-refractivity contribution in [2.24, 2.45) is 0 Å². The Balaban J connectivity index is 2.16. The van der Waals surface area contributed by atoms with Crippen LogP contribution in [0.5, 0.6) is 5.88 Å². The summed E-state index contributed by atoms with van der Waals surface area (Å²) in [6.45, 7) is 1.98. The number of carbonyl (C=O) groups is 1. The number of H-pyrrole nitrogens is 1. The maximum atomic E-state index is 12.0. The SMILES string of the molecule is CCc1cccnc1C(=O)Nc1cc(OC)n[nH]1. The minimum absolute atomic E-state index is 0.265. The van der Waals surface area contributed by atoms with Crippen molar-refractivity contribution in [3.8, 4) is 5.88 Å². The van der Waals surface area contributed by atoms with Crippen molar-refractivity contribution in [1.82, 2.24) is 15.2 Å². The lowest BCUT2D eigenvalue weighted by atomic mass is 10.1. The number of nitrogens with zero attached hydrogens (tertiary/aromatic N) is 2. The van der Waals surface area contributed by atoms with E-state index in [-0.39, 0.29) is 5.91 Å². The van der Waals surface area contributed by atoms with Crippen LogP contribution in [0.4, 0.5) is 5.82 Å². The molecule has 94 valence electrons. The van der Waals surface area contributed by atoms with Crippen molar-refractivity contribution in [2.45, 2.75) is 13.3 Å². The Hall–Kier alpha value is -2.37. The number of aromatic amines is 1. The first kappa shape index (κ1) is 12.1. The van der Waals surface area contributed by atoms with E-state index < -0.39 is 0 Å². The zero-order valence-corrected chi connectivity index (χ0v) is 10.2. The van der Waals surface area contributed by atoms with Gasteiger partial charge in [0.05, 0.1) is 7.11 Å². The van der Waals surface area contributed by atoms with Gasteiger partial charge in [0.2, 0.25) is 5.88 Å². The number of amides is 1. The van der Waals surface area contributed by atoms with Crippen LogP contribution in [-0.4, -0.2) is 28.2 Å². The number of hydrogen-bond donors (Lipinski definition) is 2. The maximum absolute atomic E-state index is 12.0. The molecule has 0 unspecified atom stereocenters. The van der Waals surface area contributed by atoms with Crippen LogP contribution < -0.4 is 10.1 Å². The molecular formula is C12H14N4O2. The molecule has 0 aliphatic heterocycles. The third-order valence-corrected chi connectivity index (χ3v) is 2.50. The predicted molar refractivity (Wildman–Crippen MR) is 66.7 cm³/mol. The molecule has 0 aliphatic rings. The highest BCUT2D eigenvalue weighted by atomic mass is 16.5. The summed E-state index contributed by atoms with van der Waals surface area (Å²) in [5, 5.41) is 9.19. The summed E-state index contributed by atoms with van der Waals surface area (Å²) >= 11 is 0. The first-order valence-corrected chi connectivity index (χ1v) is 5.59. The van der Waals surface area contributed by atoms with E-state index in [2.05, 4.69) is 20.5 Å². The molecule has 0 bridgehead atoms. The molecule has 0 saturated carbocycles. The fraction of sp³-hybridized carbons (Fsp3) is 0.250. The molecular weight excluding hydrogens is 232 g/mol. The van der Waals surface area contributed by atoms with E-state index >= 15 is 0 Å². The largest absolute Gasteiger partial charge is 0.480 e. The zero-order valence-electron chi connectivity index (χ0n) is 10.2. The number of rotatable bonds is 4. The van der Waals surface area contributed by atoms with Crippen LogP contribution >= 0.6 is 0 Å². The second-order valence-electron chi connectivity index (χ2n) is 3.64. The molecule has 2 aromatic heterocycles. The summed E-state index contributed by atoms with van der Waals surface area (Å²) in [5.41, 5.74) is 1.33. The van der Waals surface area contributed by atoms with Gasteiger partial charge in [-0.15, -0.1) is 5.10 Å². The molecule has 2 rings (SSSR count). The van der Waals surface area contributed by atoms with E-state index in [1.54, 1.807) is 12.3 Å². The highest BCUT2D eigenvalue weighted by Crippen LogP contribution is 2.13. The molecule has 6 heteroatoms. The van der Waals surface area contributed by atoms with Gasteiger partial charge in [-0.3, -0.25) is 14.9 Å². The third kappa shape index (κ3) is 2.48. The number of pyridine rings is 1. The highest BCUT2D eigenvalue weighted by Gasteiger charge is 2.13. The fourth-order valence-electron chi connectivity index (χ4n) is 1.58. The molecule has 2 N–H and O–H groups in total. The van der Waals surface area contributed by atoms with Crippen LogP contribution in [0.15, 0.2) is 24.4 Å². The fourth-order valence-corrected chi connectivity index (χ4v) is 1.58. The van der Waals surface area contributed by atoms with E-state index in [0.29, 0.717) is 17.4 Å². The number of anilines is 1. The molecule has 0 spiro atoms. The Morgan fingerprint density at radius 1 is 1.56 bits per heavy atom. The third-order valence-electron chi connectivity index (χ3n) is 2.50. The Morgan fingerprint density at radius 3 is 3.06 bits per heavy atom. The van der Waals surface area contributed by atoms with Gasteiger partial charge in [0.15, 0.2) is 0 Å². The number of ether oxygens (including phenoxy) is 1. The van der Waals surface area contributed by atoms with Gasteiger partial charge in [-0.1, -0.05) is 13.0 Å². The van der Waals surface area contributed by atoms with E-state index in [0.717, 1.165) is 12.0 Å². The number of carbonyl (C=O) groups excluding carboxylic acids is 1. The molecule has 0 radical (unpaired) electrons. The van der Waals surface area contributed by atoms with Crippen molar-refractivity contribution >= 4 is 11.7 Å². The molecule has 6 nitrogen and oxygen atoms in total. The lowest BCUT2D eigenvalue weighted by Gasteiger charge is -2.05. The monoisotopic (exact) mass is 246 g/mol. The topological polar surface area (TPSA) is 79.9 Å². The summed E-state index contributed by atoms with van der Waals surface area (Å²) in [4.78, 5) is 16.1. The van der Waals surface area contributed by atoms with Gasteiger partial charge in [0.1, 0.15) is 11.5 Å². The van der Waals surface area contributed by atoms with Gasteiger partial charge in [0.25, 0.3) is 5.91 Å². The van der Waals surface area contributed by atoms with E-state index in [1.807, 2.05) is 19.1 Å². The standard InChI is InChI=1S/C12H14N4O2/c1-3-8-5-4-6-13-11(8)12(17)14-9-7-10(18-2)16-15-9/h4-7H,3H2,1-2H3,(H2,14,15,16,17). The van der Waals surface area contributed by atoms with Crippen molar-refractivity contribution in [3.63, 3.8) is 0 Å². The summed E-state index contributed by atoms with van der Waals surface area (Å²) in [7, 11) is 1.51. The van der Waals surface area contributed by atoms with Gasteiger partial charge in [0, 0.05) is 12.3 Å². The van der Waals surface area contributed by atoms with Crippen LogP contribution in [-0.2, 0) is 6.42 Å². The average Bonchev–Trinajstić information content (AvgIpc) is 2.86. The van der Waals surface area contributed by atoms with Crippen molar-refractivity contribution < 1.29 is 9.53 Å². The van der Waals surface area contributed by atoms with E-state index in [9.17, 15) is 4.79 Å². The quantitative estimate of drug-likeness (QED) is 0.859. The minimum atomic E-state index is -0.265. The summed E-state index contributed by atoms with van der Waals surface area (Å²) < 4.78 is 4.92. The summed E-state index contributed by atoms with van der Waals surface area (Å²) in [5.74, 6) is 0.630. The number of aromatic nitrogens is 3. The number of aryl methyl sites for hydroxylation is 1. The molecule has 0 aromatic carbocycles. The summed E-state index contributed by atoms with van der Waals surface area (Å²) in [6.07, 6.45) is 2.35. The van der Waals surface area contributed by atoms with Crippen molar-refractivity contribution in [1.29, 1.82) is 0 Å². The average molecular weight is 246 g/mol. The molecule has 0 aliphatic carbocycles. The van der Waals surface area contributed by atoms with Gasteiger partial charge >= 0.3 is 0 Å². The molecule has 0 atom stereocenters. The highest BCUT2D eigenvalue weighted by molar-refractivity contribution is 6.03. The lowest BCUT2D eigenvalue weighted by molar-refractivity contribution is 0.102. The molecule has 0 fully saturated rings. The first-order chi connectivity index (χ1) is 8.74. The van der Waals surface area contributed by atoms with Gasteiger partial charge < -0.3 is 10.1 Å². The van der Waals surface area contributed by atoms with Crippen molar-refractivity contribution in [2.75, 3.05) is 12.4 Å². The molecule has 0 saturated heterocycles. The Kier molecular flexibility index (Phi) is 3.57. The van der Waals surface area contributed by atoms with E-state index in [4.69, 9.17) is 4.74 Å². The van der Waals surface area contributed by atoms with Gasteiger partial charge in [-0.25, -0.2) is 0 Å². The maximum Gasteiger partial charge on any atom is 0.275 e.